The molecule has 4 N–H and O–H groups in total. The van der Waals surface area contributed by atoms with E-state index in [1.165, 1.54) is 6.20 Å². The number of ether oxygens (including phenoxy) is 1. The Morgan fingerprint density at radius 2 is 2.00 bits per heavy atom. The highest BCUT2D eigenvalue weighted by Gasteiger charge is 2.45. The fourth-order valence-corrected chi connectivity index (χ4v) is 4.74. The third-order valence-corrected chi connectivity index (χ3v) is 6.80. The number of amides is 1. The molecule has 2 aliphatic rings. The lowest BCUT2D eigenvalue weighted by atomic mass is 9.72. The second-order valence-corrected chi connectivity index (χ2v) is 10.6. The molecule has 4 rings (SSSR count). The van der Waals surface area contributed by atoms with E-state index in [1.807, 2.05) is 24.0 Å². The number of pyridine rings is 1. The van der Waals surface area contributed by atoms with E-state index in [0.29, 0.717) is 35.4 Å². The number of piperidine rings is 1. The number of carbonyl (C=O) groups excluding carboxylic acids is 1. The van der Waals surface area contributed by atoms with Crippen LogP contribution in [-0.2, 0) is 4.79 Å². The molecule has 0 radical (unpaired) electrons. The molecule has 0 bridgehead atoms. The van der Waals surface area contributed by atoms with Gasteiger partial charge in [0.1, 0.15) is 23.2 Å². The lowest BCUT2D eigenvalue weighted by Gasteiger charge is -2.54. The molecular weight excluding hydrogens is 484 g/mol. The lowest BCUT2D eigenvalue weighted by Crippen LogP contribution is -2.61. The van der Waals surface area contributed by atoms with Crippen LogP contribution >= 0.6 is 0 Å². The number of allylic oxidation sites excluding steroid dienone is 1. The molecule has 1 spiro atoms. The van der Waals surface area contributed by atoms with E-state index in [1.54, 1.807) is 39.2 Å². The van der Waals surface area contributed by atoms with Crippen LogP contribution in [0.4, 0.5) is 17.5 Å². The Kier molecular flexibility index (Phi) is 8.15. The van der Waals surface area contributed by atoms with Gasteiger partial charge in [0.2, 0.25) is 5.91 Å². The number of nitrogens with one attached hydrogen (secondary N) is 1. The highest BCUT2D eigenvalue weighted by molar-refractivity contribution is 6.08. The largest absolute Gasteiger partial charge is 0.494 e. The number of rotatable bonds is 9. The topological polar surface area (TPSA) is 142 Å². The van der Waals surface area contributed by atoms with Crippen molar-refractivity contribution in [3.8, 4) is 5.75 Å². The first-order valence-electron chi connectivity index (χ1n) is 13.0. The molecule has 0 unspecified atom stereocenters. The quantitative estimate of drug-likeness (QED) is 0.424. The average molecular weight is 523 g/mol. The monoisotopic (exact) mass is 522 g/mol. The van der Waals surface area contributed by atoms with Gasteiger partial charge in [0.05, 0.1) is 24.3 Å². The van der Waals surface area contributed by atoms with Crippen LogP contribution in [0.15, 0.2) is 35.6 Å². The van der Waals surface area contributed by atoms with Crippen molar-refractivity contribution in [1.29, 1.82) is 0 Å². The first kappa shape index (κ1) is 27.3. The molecular formula is C27H38N8O3. The van der Waals surface area contributed by atoms with Crippen LogP contribution in [-0.4, -0.2) is 82.0 Å². The molecule has 0 atom stereocenters. The van der Waals surface area contributed by atoms with Crippen LogP contribution in [0.5, 0.6) is 5.75 Å². The van der Waals surface area contributed by atoms with Crippen LogP contribution in [0, 0.1) is 5.41 Å². The molecule has 0 aliphatic carbocycles. The molecule has 0 aromatic carbocycles. The van der Waals surface area contributed by atoms with E-state index in [9.17, 15) is 9.90 Å². The number of aliphatic imine (C=N–C) groups is 1. The van der Waals surface area contributed by atoms with E-state index in [0.717, 1.165) is 44.8 Å². The smallest absolute Gasteiger partial charge is 0.219 e. The predicted molar refractivity (Wildman–Crippen MR) is 149 cm³/mol. The summed E-state index contributed by atoms with van der Waals surface area (Å²) in [4.78, 5) is 34.1. The van der Waals surface area contributed by atoms with Gasteiger partial charge in [-0.2, -0.15) is 0 Å². The Labute approximate surface area is 223 Å². The van der Waals surface area contributed by atoms with E-state index in [-0.39, 0.29) is 17.9 Å². The van der Waals surface area contributed by atoms with E-state index >= 15 is 0 Å². The van der Waals surface area contributed by atoms with E-state index < -0.39 is 5.60 Å². The van der Waals surface area contributed by atoms with Crippen LogP contribution in [0.25, 0.3) is 5.57 Å². The van der Waals surface area contributed by atoms with Crippen molar-refractivity contribution in [3.05, 3.63) is 36.4 Å². The minimum absolute atomic E-state index is 0.140. The fraction of sp³-hybridized carbons (Fsp3) is 0.519. The van der Waals surface area contributed by atoms with Gasteiger partial charge >= 0.3 is 0 Å². The van der Waals surface area contributed by atoms with Crippen molar-refractivity contribution >= 4 is 35.1 Å². The number of aliphatic hydroxyl groups is 1. The molecule has 204 valence electrons. The summed E-state index contributed by atoms with van der Waals surface area (Å²) in [5, 5.41) is 13.3. The molecule has 11 heteroatoms. The van der Waals surface area contributed by atoms with Gasteiger partial charge in [-0.1, -0.05) is 0 Å². The third-order valence-electron chi connectivity index (χ3n) is 6.80. The van der Waals surface area contributed by atoms with Gasteiger partial charge in [-0.15, -0.1) is 0 Å². The summed E-state index contributed by atoms with van der Waals surface area (Å²) in [5.41, 5.74) is 5.74. The summed E-state index contributed by atoms with van der Waals surface area (Å²) >= 11 is 0. The van der Waals surface area contributed by atoms with Gasteiger partial charge in [-0.25, -0.2) is 15.0 Å². The number of carbonyl (C=O) groups is 1. The maximum atomic E-state index is 11.7. The van der Waals surface area contributed by atoms with Crippen molar-refractivity contribution in [2.45, 2.75) is 46.1 Å². The summed E-state index contributed by atoms with van der Waals surface area (Å²) < 4.78 is 5.60. The first-order valence-corrected chi connectivity index (χ1v) is 13.0. The van der Waals surface area contributed by atoms with Gasteiger partial charge in [0.15, 0.2) is 5.82 Å². The minimum Gasteiger partial charge on any atom is -0.494 e. The number of likely N-dealkylation sites (tertiary alicyclic amines) is 1. The van der Waals surface area contributed by atoms with Crippen LogP contribution < -0.4 is 20.7 Å². The molecule has 1 amide bonds. The Balaban J connectivity index is 1.58. The molecule has 2 aromatic heterocycles. The van der Waals surface area contributed by atoms with Gasteiger partial charge in [-0.05, 0) is 39.7 Å². The number of hydrogen-bond acceptors (Lipinski definition) is 10. The number of nitrogens with zero attached hydrogens (tertiary/aromatic N) is 6. The molecule has 38 heavy (non-hydrogen) atoms. The maximum Gasteiger partial charge on any atom is 0.219 e. The molecule has 11 nitrogen and oxygen atoms in total. The zero-order chi connectivity index (χ0) is 27.3. The highest BCUT2D eigenvalue weighted by Crippen LogP contribution is 2.42. The van der Waals surface area contributed by atoms with Crippen molar-refractivity contribution in [3.63, 3.8) is 0 Å². The molecule has 2 aliphatic heterocycles. The SMILES string of the molecule is CCOc1ccnc(Nc2cc(N3CC4(CCN(C(C)=O)CC4)C3)nc(C(C=NCC(C)(C)O)=CN)n2)c1. The number of hydrogen-bond donors (Lipinski definition) is 3. The Hall–Kier alpha value is -3.73. The predicted octanol–water partition coefficient (Wildman–Crippen LogP) is 2.60. The fourth-order valence-electron chi connectivity index (χ4n) is 4.74. The lowest BCUT2D eigenvalue weighted by molar-refractivity contribution is -0.131. The first-order chi connectivity index (χ1) is 18.1. The van der Waals surface area contributed by atoms with Crippen molar-refractivity contribution < 1.29 is 14.6 Å². The van der Waals surface area contributed by atoms with E-state index in [2.05, 4.69) is 25.2 Å². The van der Waals surface area contributed by atoms with Gasteiger partial charge < -0.3 is 30.7 Å². The third kappa shape index (κ3) is 6.77. The highest BCUT2D eigenvalue weighted by atomic mass is 16.5. The minimum atomic E-state index is -0.938. The number of nitrogens with two attached hydrogens (primary N) is 1. The summed E-state index contributed by atoms with van der Waals surface area (Å²) in [5.74, 6) is 3.20. The molecule has 0 saturated carbocycles. The van der Waals surface area contributed by atoms with Crippen molar-refractivity contribution in [2.75, 3.05) is 49.5 Å². The normalized spacial score (nSPS) is 17.6. The summed E-state index contributed by atoms with van der Waals surface area (Å²) in [6.45, 7) is 11.0. The second-order valence-electron chi connectivity index (χ2n) is 10.6. The van der Waals surface area contributed by atoms with Gasteiger partial charge in [0, 0.05) is 69.3 Å². The summed E-state index contributed by atoms with van der Waals surface area (Å²) in [6, 6.07) is 5.52. The van der Waals surface area contributed by atoms with Crippen LogP contribution in [0.1, 0.15) is 46.4 Å². The van der Waals surface area contributed by atoms with Gasteiger partial charge in [-0.3, -0.25) is 9.79 Å². The molecule has 2 saturated heterocycles. The Morgan fingerprint density at radius 1 is 1.26 bits per heavy atom. The molecule has 2 fully saturated rings. The molecule has 4 heterocycles. The second kappa shape index (κ2) is 11.3. The molecule has 2 aromatic rings. The Morgan fingerprint density at radius 3 is 2.63 bits per heavy atom. The zero-order valence-electron chi connectivity index (χ0n) is 22.6. The van der Waals surface area contributed by atoms with Gasteiger partial charge in [0.25, 0.3) is 0 Å². The van der Waals surface area contributed by atoms with Crippen molar-refractivity contribution in [1.82, 2.24) is 19.9 Å². The van der Waals surface area contributed by atoms with Crippen LogP contribution in [0.3, 0.4) is 0 Å². The zero-order valence-corrected chi connectivity index (χ0v) is 22.6. The Bertz CT molecular complexity index is 1190. The van der Waals surface area contributed by atoms with Crippen LogP contribution in [0.2, 0.25) is 0 Å². The maximum absolute atomic E-state index is 11.7. The summed E-state index contributed by atoms with van der Waals surface area (Å²) in [7, 11) is 0. The van der Waals surface area contributed by atoms with Crippen molar-refractivity contribution in [2.24, 2.45) is 16.1 Å². The van der Waals surface area contributed by atoms with E-state index in [4.69, 9.17) is 15.5 Å². The standard InChI is InChI=1S/C27H38N8O3/c1-5-38-21-6-9-30-22(12-21)31-23-13-24(33-25(32-23)20(14-28)15-29-16-26(3,4)37)35-17-27(18-35)7-10-34(11-8-27)19(2)36/h6,9,12-15,37H,5,7-8,10-11,16-18,28H2,1-4H3,(H,30,31,32,33). The number of anilines is 3. The average Bonchev–Trinajstić information content (AvgIpc) is 2.85. The summed E-state index contributed by atoms with van der Waals surface area (Å²) in [6.07, 6.45) is 6.65. The number of aromatic nitrogens is 3.